The lowest BCUT2D eigenvalue weighted by molar-refractivity contribution is -0.118. The number of thiazole rings is 1. The van der Waals surface area contributed by atoms with Crippen molar-refractivity contribution < 1.29 is 4.79 Å². The predicted octanol–water partition coefficient (Wildman–Crippen LogP) is 6.34. The Bertz CT molecular complexity index is 1130. The third-order valence-electron chi connectivity index (χ3n) is 4.95. The van der Waals surface area contributed by atoms with E-state index in [0.717, 1.165) is 32.0 Å². The number of hydrogen-bond donors (Lipinski definition) is 0. The average molecular weight is 421 g/mol. The standard InChI is InChI=1S/C24H21ClN2OS/c1-16-12-13-17(2)23-22(16)26-24(29-23)27(15-18-8-4-3-5-9-18)21(28)14-19-10-6-7-11-20(19)25/h3-13H,14-15H2,1-2H3. The molecule has 0 unspecified atom stereocenters. The van der Waals surface area contributed by atoms with Crippen LogP contribution >= 0.6 is 22.9 Å². The van der Waals surface area contributed by atoms with Crippen molar-refractivity contribution in [2.45, 2.75) is 26.8 Å². The summed E-state index contributed by atoms with van der Waals surface area (Å²) in [5, 5.41) is 1.33. The molecule has 0 N–H and O–H groups in total. The highest BCUT2D eigenvalue weighted by molar-refractivity contribution is 7.22. The van der Waals surface area contributed by atoms with Gasteiger partial charge in [0.1, 0.15) is 0 Å². The summed E-state index contributed by atoms with van der Waals surface area (Å²) in [6, 6.07) is 21.7. The van der Waals surface area contributed by atoms with Gasteiger partial charge in [-0.25, -0.2) is 4.98 Å². The predicted molar refractivity (Wildman–Crippen MR) is 122 cm³/mol. The van der Waals surface area contributed by atoms with E-state index in [1.54, 1.807) is 16.2 Å². The van der Waals surface area contributed by atoms with E-state index in [4.69, 9.17) is 16.6 Å². The van der Waals surface area contributed by atoms with E-state index in [9.17, 15) is 4.79 Å². The van der Waals surface area contributed by atoms with Crippen LogP contribution < -0.4 is 4.90 Å². The van der Waals surface area contributed by atoms with Crippen molar-refractivity contribution in [2.75, 3.05) is 4.90 Å². The number of nitrogens with zero attached hydrogens (tertiary/aromatic N) is 2. The minimum atomic E-state index is -0.0173. The Labute approximate surface area is 179 Å². The summed E-state index contributed by atoms with van der Waals surface area (Å²) in [4.78, 5) is 20.0. The van der Waals surface area contributed by atoms with E-state index >= 15 is 0 Å². The van der Waals surface area contributed by atoms with Gasteiger partial charge in [-0.2, -0.15) is 0 Å². The molecule has 4 rings (SSSR count). The van der Waals surface area contributed by atoms with Gasteiger partial charge < -0.3 is 0 Å². The number of hydrogen-bond acceptors (Lipinski definition) is 3. The summed E-state index contributed by atoms with van der Waals surface area (Å²) >= 11 is 7.87. The zero-order chi connectivity index (χ0) is 20.4. The second kappa shape index (κ2) is 8.36. The SMILES string of the molecule is Cc1ccc(C)c2sc(N(Cc3ccccc3)C(=O)Cc3ccccc3Cl)nc12. The fraction of sp³-hybridized carbons (Fsp3) is 0.167. The van der Waals surface area contributed by atoms with Crippen LogP contribution in [0.4, 0.5) is 5.13 Å². The Balaban J connectivity index is 1.74. The highest BCUT2D eigenvalue weighted by Gasteiger charge is 2.22. The Hall–Kier alpha value is -2.69. The van der Waals surface area contributed by atoms with Crippen LogP contribution in [-0.2, 0) is 17.8 Å². The van der Waals surface area contributed by atoms with Crippen molar-refractivity contribution in [3.05, 3.63) is 94.0 Å². The molecular weight excluding hydrogens is 400 g/mol. The number of aromatic nitrogens is 1. The summed E-state index contributed by atoms with van der Waals surface area (Å²) < 4.78 is 1.13. The summed E-state index contributed by atoms with van der Waals surface area (Å²) in [7, 11) is 0. The Morgan fingerprint density at radius 1 is 0.966 bits per heavy atom. The lowest BCUT2D eigenvalue weighted by atomic mass is 10.1. The van der Waals surface area contributed by atoms with Crippen LogP contribution in [0.5, 0.6) is 0 Å². The number of anilines is 1. The lowest BCUT2D eigenvalue weighted by Gasteiger charge is -2.20. The van der Waals surface area contributed by atoms with Gasteiger partial charge >= 0.3 is 0 Å². The number of rotatable bonds is 5. The average Bonchev–Trinajstić information content (AvgIpc) is 3.18. The normalized spacial score (nSPS) is 11.0. The topological polar surface area (TPSA) is 33.2 Å². The summed E-state index contributed by atoms with van der Waals surface area (Å²) in [5.74, 6) is -0.0173. The zero-order valence-electron chi connectivity index (χ0n) is 16.4. The maximum Gasteiger partial charge on any atom is 0.233 e. The van der Waals surface area contributed by atoms with E-state index < -0.39 is 0 Å². The monoisotopic (exact) mass is 420 g/mol. The molecule has 5 heteroatoms. The van der Waals surface area contributed by atoms with E-state index in [2.05, 4.69) is 26.0 Å². The minimum absolute atomic E-state index is 0.0173. The number of carbonyl (C=O) groups excluding carboxylic acids is 1. The number of halogens is 1. The lowest BCUT2D eigenvalue weighted by Crippen LogP contribution is -2.31. The van der Waals surface area contributed by atoms with Gasteiger partial charge in [0, 0.05) is 5.02 Å². The van der Waals surface area contributed by atoms with E-state index in [1.807, 2.05) is 54.6 Å². The zero-order valence-corrected chi connectivity index (χ0v) is 17.9. The first-order valence-electron chi connectivity index (χ1n) is 9.47. The summed E-state index contributed by atoms with van der Waals surface area (Å²) in [6.45, 7) is 4.61. The van der Waals surface area contributed by atoms with Crippen LogP contribution in [0.1, 0.15) is 22.3 Å². The first-order chi connectivity index (χ1) is 14.0. The van der Waals surface area contributed by atoms with Crippen molar-refractivity contribution >= 4 is 44.2 Å². The molecule has 0 saturated heterocycles. The number of fused-ring (bicyclic) bond motifs is 1. The smallest absolute Gasteiger partial charge is 0.233 e. The molecule has 0 spiro atoms. The molecule has 3 aromatic carbocycles. The molecule has 0 bridgehead atoms. The fourth-order valence-electron chi connectivity index (χ4n) is 3.29. The minimum Gasteiger partial charge on any atom is -0.283 e. The van der Waals surface area contributed by atoms with Gasteiger partial charge in [-0.05, 0) is 42.2 Å². The van der Waals surface area contributed by atoms with Gasteiger partial charge in [0.25, 0.3) is 0 Å². The Kier molecular flexibility index (Phi) is 5.65. The first kappa shape index (κ1) is 19.6. The Morgan fingerprint density at radius 2 is 1.66 bits per heavy atom. The van der Waals surface area contributed by atoms with Crippen molar-refractivity contribution in [1.29, 1.82) is 0 Å². The van der Waals surface area contributed by atoms with Crippen molar-refractivity contribution in [1.82, 2.24) is 4.98 Å². The van der Waals surface area contributed by atoms with Crippen LogP contribution in [0.2, 0.25) is 5.02 Å². The molecule has 0 radical (unpaired) electrons. The molecule has 0 atom stereocenters. The number of amides is 1. The van der Waals surface area contributed by atoms with Gasteiger partial charge in [0.15, 0.2) is 5.13 Å². The maximum absolute atomic E-state index is 13.4. The van der Waals surface area contributed by atoms with Gasteiger partial charge in [-0.3, -0.25) is 9.69 Å². The molecule has 3 nitrogen and oxygen atoms in total. The van der Waals surface area contributed by atoms with Crippen LogP contribution in [0.15, 0.2) is 66.7 Å². The molecule has 0 aliphatic heterocycles. The fourth-order valence-corrected chi connectivity index (χ4v) is 4.62. The van der Waals surface area contributed by atoms with Gasteiger partial charge in [0.2, 0.25) is 5.91 Å². The largest absolute Gasteiger partial charge is 0.283 e. The third kappa shape index (κ3) is 4.19. The van der Waals surface area contributed by atoms with E-state index in [-0.39, 0.29) is 12.3 Å². The van der Waals surface area contributed by atoms with E-state index in [0.29, 0.717) is 11.6 Å². The second-order valence-corrected chi connectivity index (χ2v) is 8.49. The highest BCUT2D eigenvalue weighted by atomic mass is 35.5. The van der Waals surface area contributed by atoms with Crippen LogP contribution in [0.25, 0.3) is 10.2 Å². The second-order valence-electron chi connectivity index (χ2n) is 7.11. The summed E-state index contributed by atoms with van der Waals surface area (Å²) in [5.41, 5.74) is 5.14. The van der Waals surface area contributed by atoms with Crippen molar-refractivity contribution in [2.24, 2.45) is 0 Å². The Morgan fingerprint density at radius 3 is 2.38 bits per heavy atom. The number of carbonyl (C=O) groups is 1. The molecule has 0 aliphatic carbocycles. The van der Waals surface area contributed by atoms with Crippen LogP contribution in [-0.4, -0.2) is 10.9 Å². The molecule has 0 saturated carbocycles. The van der Waals surface area contributed by atoms with Gasteiger partial charge in [-0.15, -0.1) is 0 Å². The highest BCUT2D eigenvalue weighted by Crippen LogP contribution is 2.34. The molecule has 0 fully saturated rings. The van der Waals surface area contributed by atoms with Crippen LogP contribution in [0.3, 0.4) is 0 Å². The first-order valence-corrected chi connectivity index (χ1v) is 10.7. The number of benzene rings is 3. The molecule has 29 heavy (non-hydrogen) atoms. The van der Waals surface area contributed by atoms with Gasteiger partial charge in [-0.1, -0.05) is 83.6 Å². The maximum atomic E-state index is 13.4. The van der Waals surface area contributed by atoms with E-state index in [1.165, 1.54) is 5.56 Å². The quantitative estimate of drug-likeness (QED) is 0.377. The molecule has 1 heterocycles. The summed E-state index contributed by atoms with van der Waals surface area (Å²) in [6.07, 6.45) is 0.237. The molecule has 4 aromatic rings. The van der Waals surface area contributed by atoms with Gasteiger partial charge in [0.05, 0.1) is 23.2 Å². The third-order valence-corrected chi connectivity index (χ3v) is 6.53. The molecule has 1 aromatic heterocycles. The van der Waals surface area contributed by atoms with Crippen molar-refractivity contribution in [3.63, 3.8) is 0 Å². The molecule has 146 valence electrons. The molecular formula is C24H21ClN2OS. The molecule has 0 aliphatic rings. The van der Waals surface area contributed by atoms with Crippen LogP contribution in [0, 0.1) is 13.8 Å². The van der Waals surface area contributed by atoms with Crippen molar-refractivity contribution in [3.8, 4) is 0 Å². The molecule has 1 amide bonds. The number of aryl methyl sites for hydroxylation is 2.